The first-order valence-corrected chi connectivity index (χ1v) is 11.0. The van der Waals surface area contributed by atoms with Crippen molar-refractivity contribution in [3.8, 4) is 17.2 Å². The third-order valence-electron chi connectivity index (χ3n) is 5.93. The maximum absolute atomic E-state index is 13.1. The van der Waals surface area contributed by atoms with Crippen LogP contribution in [-0.4, -0.2) is 49.2 Å². The second-order valence-corrected chi connectivity index (χ2v) is 7.75. The van der Waals surface area contributed by atoms with Gasteiger partial charge in [-0.05, 0) is 74.6 Å². The van der Waals surface area contributed by atoms with Crippen molar-refractivity contribution in [2.45, 2.75) is 32.6 Å². The van der Waals surface area contributed by atoms with Gasteiger partial charge < -0.3 is 24.1 Å². The molecule has 6 heteroatoms. The van der Waals surface area contributed by atoms with Gasteiger partial charge in [-0.25, -0.2) is 0 Å². The standard InChI is InChI=1S/C25H30N2O4/c1-4-30-23-9-6-18(14-24(23)31-5-2)25(28)27-12-10-17(11-13-27)21-16-26-22-8-7-19(29-3)15-20(21)22/h6-9,14-17,26H,4-5,10-13H2,1-3H3. The molecule has 1 amide bonds. The van der Waals surface area contributed by atoms with Crippen LogP contribution in [0.2, 0.25) is 0 Å². The summed E-state index contributed by atoms with van der Waals surface area (Å²) in [4.78, 5) is 18.4. The third-order valence-corrected chi connectivity index (χ3v) is 5.93. The Hall–Kier alpha value is -3.15. The number of amides is 1. The van der Waals surface area contributed by atoms with Crippen molar-refractivity contribution in [2.24, 2.45) is 0 Å². The molecule has 1 aromatic heterocycles. The Morgan fingerprint density at radius 1 is 1.03 bits per heavy atom. The van der Waals surface area contributed by atoms with E-state index in [2.05, 4.69) is 23.3 Å². The molecule has 3 aromatic rings. The second kappa shape index (κ2) is 9.33. The average Bonchev–Trinajstić information content (AvgIpc) is 3.23. The second-order valence-electron chi connectivity index (χ2n) is 7.75. The summed E-state index contributed by atoms with van der Waals surface area (Å²) < 4.78 is 16.7. The average molecular weight is 423 g/mol. The predicted molar refractivity (Wildman–Crippen MR) is 122 cm³/mol. The van der Waals surface area contributed by atoms with Gasteiger partial charge in [-0.2, -0.15) is 0 Å². The van der Waals surface area contributed by atoms with E-state index in [1.165, 1.54) is 10.9 Å². The van der Waals surface area contributed by atoms with Crippen molar-refractivity contribution in [3.05, 3.63) is 53.7 Å². The zero-order valence-corrected chi connectivity index (χ0v) is 18.4. The van der Waals surface area contributed by atoms with Crippen LogP contribution in [0.1, 0.15) is 48.5 Å². The van der Waals surface area contributed by atoms with Gasteiger partial charge in [-0.1, -0.05) is 0 Å². The van der Waals surface area contributed by atoms with E-state index in [9.17, 15) is 4.79 Å². The van der Waals surface area contributed by atoms with Crippen LogP contribution in [0.3, 0.4) is 0 Å². The van der Waals surface area contributed by atoms with Crippen LogP contribution in [0.4, 0.5) is 0 Å². The highest BCUT2D eigenvalue weighted by molar-refractivity contribution is 5.95. The number of aromatic amines is 1. The van der Waals surface area contributed by atoms with E-state index in [-0.39, 0.29) is 5.91 Å². The van der Waals surface area contributed by atoms with Gasteiger partial charge in [0.15, 0.2) is 11.5 Å². The first-order valence-electron chi connectivity index (χ1n) is 11.0. The molecule has 0 aliphatic carbocycles. The molecule has 1 aliphatic heterocycles. The first kappa shape index (κ1) is 21.1. The number of carbonyl (C=O) groups excluding carboxylic acids is 1. The van der Waals surface area contributed by atoms with E-state index in [4.69, 9.17) is 14.2 Å². The van der Waals surface area contributed by atoms with Gasteiger partial charge in [0.2, 0.25) is 0 Å². The molecule has 0 saturated carbocycles. The summed E-state index contributed by atoms with van der Waals surface area (Å²) in [6.07, 6.45) is 3.98. The highest BCUT2D eigenvalue weighted by Crippen LogP contribution is 2.35. The van der Waals surface area contributed by atoms with Crippen molar-refractivity contribution >= 4 is 16.8 Å². The molecular formula is C25H30N2O4. The number of aromatic nitrogens is 1. The summed E-state index contributed by atoms with van der Waals surface area (Å²) in [5.41, 5.74) is 3.06. The Balaban J connectivity index is 1.46. The number of H-pyrrole nitrogens is 1. The Bertz CT molecular complexity index is 1050. The lowest BCUT2D eigenvalue weighted by Crippen LogP contribution is -2.37. The summed E-state index contributed by atoms with van der Waals surface area (Å²) in [6.45, 7) is 6.41. The fraction of sp³-hybridized carbons (Fsp3) is 0.400. The number of carbonyl (C=O) groups is 1. The number of rotatable bonds is 7. The number of hydrogen-bond donors (Lipinski definition) is 1. The molecule has 0 spiro atoms. The van der Waals surface area contributed by atoms with Crippen molar-refractivity contribution < 1.29 is 19.0 Å². The minimum atomic E-state index is 0.0445. The number of ether oxygens (including phenoxy) is 3. The number of piperidine rings is 1. The molecule has 2 heterocycles. The Labute approximate surface area is 183 Å². The van der Waals surface area contributed by atoms with Crippen molar-refractivity contribution in [2.75, 3.05) is 33.4 Å². The molecule has 1 N–H and O–H groups in total. The minimum absolute atomic E-state index is 0.0445. The van der Waals surface area contributed by atoms with Gasteiger partial charge in [0.05, 0.1) is 20.3 Å². The maximum atomic E-state index is 13.1. The van der Waals surface area contributed by atoms with Gasteiger partial charge in [0.25, 0.3) is 5.91 Å². The minimum Gasteiger partial charge on any atom is -0.497 e. The fourth-order valence-electron chi connectivity index (χ4n) is 4.35. The predicted octanol–water partition coefficient (Wildman–Crippen LogP) is 4.99. The van der Waals surface area contributed by atoms with Gasteiger partial charge in [0.1, 0.15) is 5.75 Å². The monoisotopic (exact) mass is 422 g/mol. The molecule has 1 fully saturated rings. The summed E-state index contributed by atoms with van der Waals surface area (Å²) in [6, 6.07) is 11.6. The number of benzene rings is 2. The fourth-order valence-corrected chi connectivity index (χ4v) is 4.35. The Kier molecular flexibility index (Phi) is 6.35. The molecule has 0 radical (unpaired) electrons. The maximum Gasteiger partial charge on any atom is 0.253 e. The van der Waals surface area contributed by atoms with E-state index >= 15 is 0 Å². The largest absolute Gasteiger partial charge is 0.497 e. The van der Waals surface area contributed by atoms with Gasteiger partial charge in [-0.3, -0.25) is 4.79 Å². The van der Waals surface area contributed by atoms with Crippen LogP contribution in [0.15, 0.2) is 42.6 Å². The first-order chi connectivity index (χ1) is 15.1. The van der Waals surface area contributed by atoms with E-state index in [0.29, 0.717) is 36.2 Å². The molecule has 1 aliphatic rings. The topological polar surface area (TPSA) is 63.8 Å². The van der Waals surface area contributed by atoms with E-state index in [0.717, 1.165) is 37.2 Å². The molecule has 6 nitrogen and oxygen atoms in total. The normalized spacial score (nSPS) is 14.6. The summed E-state index contributed by atoms with van der Waals surface area (Å²) in [7, 11) is 1.69. The smallest absolute Gasteiger partial charge is 0.253 e. The molecule has 2 aromatic carbocycles. The van der Waals surface area contributed by atoms with Crippen molar-refractivity contribution in [3.63, 3.8) is 0 Å². The van der Waals surface area contributed by atoms with Crippen LogP contribution in [0, 0.1) is 0 Å². The lowest BCUT2D eigenvalue weighted by Gasteiger charge is -2.32. The summed E-state index contributed by atoms with van der Waals surface area (Å²) in [5, 5.41) is 1.21. The molecule has 0 bridgehead atoms. The van der Waals surface area contributed by atoms with E-state index in [1.807, 2.05) is 36.9 Å². The molecule has 1 saturated heterocycles. The molecule has 31 heavy (non-hydrogen) atoms. The van der Waals surface area contributed by atoms with Crippen LogP contribution in [0.5, 0.6) is 17.2 Å². The van der Waals surface area contributed by atoms with Crippen molar-refractivity contribution in [1.29, 1.82) is 0 Å². The number of methoxy groups -OCH3 is 1. The molecule has 4 rings (SSSR count). The highest BCUT2D eigenvalue weighted by Gasteiger charge is 2.26. The molecule has 164 valence electrons. The molecular weight excluding hydrogens is 392 g/mol. The van der Waals surface area contributed by atoms with Gasteiger partial charge in [0, 0.05) is 35.8 Å². The van der Waals surface area contributed by atoms with Crippen LogP contribution in [0.25, 0.3) is 10.9 Å². The van der Waals surface area contributed by atoms with E-state index < -0.39 is 0 Å². The summed E-state index contributed by atoms with van der Waals surface area (Å²) >= 11 is 0. The van der Waals surface area contributed by atoms with Gasteiger partial charge >= 0.3 is 0 Å². The third kappa shape index (κ3) is 4.33. The Morgan fingerprint density at radius 2 is 1.77 bits per heavy atom. The Morgan fingerprint density at radius 3 is 2.48 bits per heavy atom. The molecule has 0 atom stereocenters. The number of likely N-dealkylation sites (tertiary alicyclic amines) is 1. The van der Waals surface area contributed by atoms with Crippen molar-refractivity contribution in [1.82, 2.24) is 9.88 Å². The van der Waals surface area contributed by atoms with Gasteiger partial charge in [-0.15, -0.1) is 0 Å². The van der Waals surface area contributed by atoms with Crippen LogP contribution < -0.4 is 14.2 Å². The van der Waals surface area contributed by atoms with Crippen LogP contribution in [-0.2, 0) is 0 Å². The lowest BCUT2D eigenvalue weighted by molar-refractivity contribution is 0.0712. The zero-order valence-electron chi connectivity index (χ0n) is 18.4. The molecule has 0 unspecified atom stereocenters. The lowest BCUT2D eigenvalue weighted by atomic mass is 9.89. The number of nitrogens with zero attached hydrogens (tertiary/aromatic N) is 1. The number of hydrogen-bond acceptors (Lipinski definition) is 4. The quantitative estimate of drug-likeness (QED) is 0.582. The van der Waals surface area contributed by atoms with E-state index in [1.54, 1.807) is 13.2 Å². The number of nitrogens with one attached hydrogen (secondary N) is 1. The number of fused-ring (bicyclic) bond motifs is 1. The van der Waals surface area contributed by atoms with Crippen LogP contribution >= 0.6 is 0 Å². The summed E-state index contributed by atoms with van der Waals surface area (Å²) in [5.74, 6) is 2.63. The highest BCUT2D eigenvalue weighted by atomic mass is 16.5. The SMILES string of the molecule is CCOc1ccc(C(=O)N2CCC(c3c[nH]c4ccc(OC)cc34)CC2)cc1OCC. The zero-order chi connectivity index (χ0) is 21.8.